The number of benzene rings is 1. The highest BCUT2D eigenvalue weighted by molar-refractivity contribution is 7.99. The van der Waals surface area contributed by atoms with Gasteiger partial charge in [-0.3, -0.25) is 76.7 Å². The van der Waals surface area contributed by atoms with E-state index in [1.54, 1.807) is 45.9 Å². The molecule has 4 rings (SSSR count). The number of carbonyl (C=O) groups excluding carboxylic acids is 12. The number of para-hydroxylation sites is 1. The highest BCUT2D eigenvalue weighted by Crippen LogP contribution is 2.32. The summed E-state index contributed by atoms with van der Waals surface area (Å²) in [6.07, 6.45) is -9.43. The van der Waals surface area contributed by atoms with Crippen molar-refractivity contribution in [2.75, 3.05) is 18.8 Å². The third-order valence-corrected chi connectivity index (χ3v) is 16.9. The van der Waals surface area contributed by atoms with Crippen LogP contribution in [0.1, 0.15) is 124 Å². The lowest BCUT2D eigenvalue weighted by atomic mass is 10.0. The van der Waals surface area contributed by atoms with Crippen LogP contribution >= 0.6 is 11.8 Å². The summed E-state index contributed by atoms with van der Waals surface area (Å²) >= 11 is 0.754. The Bertz CT molecular complexity index is 3340. The van der Waals surface area contributed by atoms with E-state index in [1.807, 2.05) is 0 Å². The molecule has 1 fully saturated rings. The van der Waals surface area contributed by atoms with Gasteiger partial charge in [-0.15, -0.1) is 11.8 Å². The van der Waals surface area contributed by atoms with E-state index in [2.05, 4.69) is 58.2 Å². The van der Waals surface area contributed by atoms with E-state index in [0.717, 1.165) is 23.6 Å². The molecular weight excluding hydrogens is 1330 g/mol. The van der Waals surface area contributed by atoms with Gasteiger partial charge in [-0.05, 0) is 81.8 Å². The zero-order chi connectivity index (χ0) is 74.1. The van der Waals surface area contributed by atoms with Gasteiger partial charge in [0.25, 0.3) is 0 Å². The number of nitrogens with zero attached hydrogens (tertiary/aromatic N) is 1. The van der Waals surface area contributed by atoms with E-state index in [4.69, 9.17) is 11.5 Å². The fourth-order valence-electron chi connectivity index (χ4n) is 10.7. The molecule has 0 radical (unpaired) electrons. The van der Waals surface area contributed by atoms with E-state index in [-0.39, 0.29) is 53.6 Å². The average molecular weight is 1420 g/mol. The number of carbonyl (C=O) groups is 17. The quantitative estimate of drug-likeness (QED) is 0.0401. The van der Waals surface area contributed by atoms with Gasteiger partial charge >= 0.3 is 29.8 Å². The number of aliphatic carboxylic acids is 5. The highest BCUT2D eigenvalue weighted by atomic mass is 32.2. The molecule has 3 heterocycles. The summed E-state index contributed by atoms with van der Waals surface area (Å²) in [5.74, 6) is -23.1. The molecule has 2 aromatic rings. The topological polar surface area (TPSA) is 603 Å². The number of carboxylic acids is 5. The molecule has 1 aromatic heterocycles. The third-order valence-electron chi connectivity index (χ3n) is 15.7. The van der Waals surface area contributed by atoms with Gasteiger partial charge in [0.15, 0.2) is 0 Å². The number of aromatic nitrogens is 1. The van der Waals surface area contributed by atoms with E-state index >= 15 is 4.79 Å². The Morgan fingerprint density at radius 2 is 1.18 bits per heavy atom. The molecule has 12 amide bonds. The summed E-state index contributed by atoms with van der Waals surface area (Å²) in [6, 6.07) is -13.5. The van der Waals surface area contributed by atoms with Gasteiger partial charge in [-0.2, -0.15) is 0 Å². The van der Waals surface area contributed by atoms with Crippen molar-refractivity contribution in [3.8, 4) is 0 Å². The van der Waals surface area contributed by atoms with Crippen molar-refractivity contribution in [3.63, 3.8) is 0 Å². The summed E-state index contributed by atoms with van der Waals surface area (Å²) in [7, 11) is 0. The van der Waals surface area contributed by atoms with Gasteiger partial charge in [0, 0.05) is 55.3 Å². The van der Waals surface area contributed by atoms with Gasteiger partial charge in [-0.1, -0.05) is 45.9 Å². The highest BCUT2D eigenvalue weighted by Gasteiger charge is 2.41. The number of likely N-dealkylation sites (tertiary alicyclic amines) is 1. The van der Waals surface area contributed by atoms with Gasteiger partial charge in [0.05, 0.1) is 30.1 Å². The first-order valence-electron chi connectivity index (χ1n) is 31.8. The van der Waals surface area contributed by atoms with Crippen LogP contribution < -0.4 is 64.6 Å². The minimum absolute atomic E-state index is 0.00377. The molecule has 21 N–H and O–H groups in total. The van der Waals surface area contributed by atoms with Gasteiger partial charge in [0.2, 0.25) is 70.9 Å². The number of carboxylic acid groups (broad SMARTS) is 5. The van der Waals surface area contributed by atoms with Crippen molar-refractivity contribution in [3.05, 3.63) is 29.8 Å². The summed E-state index contributed by atoms with van der Waals surface area (Å²) < 4.78 is 0. The van der Waals surface area contributed by atoms with Crippen molar-refractivity contribution in [2.24, 2.45) is 23.3 Å². The predicted molar refractivity (Wildman–Crippen MR) is 345 cm³/mol. The smallest absolute Gasteiger partial charge is 0.326 e. The van der Waals surface area contributed by atoms with Crippen LogP contribution in [0.15, 0.2) is 29.3 Å². The summed E-state index contributed by atoms with van der Waals surface area (Å²) in [6.45, 7) is 6.82. The maximum absolute atomic E-state index is 15.1. The molecule has 0 saturated carbocycles. The predicted octanol–water partition coefficient (Wildman–Crippen LogP) is -4.49. The summed E-state index contributed by atoms with van der Waals surface area (Å²) in [5, 5.41) is 83.5. The Balaban J connectivity index is 2.04. The van der Waals surface area contributed by atoms with E-state index in [9.17, 15) is 107 Å². The molecule has 99 heavy (non-hydrogen) atoms. The largest absolute Gasteiger partial charge is 0.481 e. The van der Waals surface area contributed by atoms with E-state index < -0.39 is 250 Å². The lowest BCUT2D eigenvalue weighted by Gasteiger charge is -2.30. The minimum Gasteiger partial charge on any atom is -0.481 e. The summed E-state index contributed by atoms with van der Waals surface area (Å²) in [4.78, 5) is 234. The van der Waals surface area contributed by atoms with Crippen LogP contribution in [-0.4, -0.2) is 233 Å². The van der Waals surface area contributed by atoms with Crippen LogP contribution in [0.2, 0.25) is 0 Å². The van der Waals surface area contributed by atoms with Gasteiger partial charge < -0.3 is 105 Å². The lowest BCUT2D eigenvalue weighted by molar-refractivity contribution is -0.149. The van der Waals surface area contributed by atoms with Crippen LogP contribution in [0.5, 0.6) is 0 Å². The normalized spacial score (nSPS) is 22.4. The van der Waals surface area contributed by atoms with Crippen molar-refractivity contribution in [1.82, 2.24) is 63.1 Å². The van der Waals surface area contributed by atoms with Crippen LogP contribution in [0.4, 0.5) is 0 Å². The Kier molecular flexibility index (Phi) is 31.9. The molecule has 38 heteroatoms. The lowest BCUT2D eigenvalue weighted by Crippen LogP contribution is -2.61. The van der Waals surface area contributed by atoms with Crippen molar-refractivity contribution >= 4 is 123 Å². The number of aromatic amines is 1. The average Bonchev–Trinajstić information content (AvgIpc) is 1.66. The number of nitrogens with one attached hydrogen (secondary N) is 11. The van der Waals surface area contributed by atoms with E-state index in [0.29, 0.717) is 11.9 Å². The maximum atomic E-state index is 15.1. The second-order valence-electron chi connectivity index (χ2n) is 24.8. The van der Waals surface area contributed by atoms with Gasteiger partial charge in [0.1, 0.15) is 60.4 Å². The number of hydrogen-bond acceptors (Lipinski definition) is 20. The zero-order valence-electron chi connectivity index (χ0n) is 55.0. The molecule has 1 aromatic carbocycles. The number of rotatable bonds is 27. The number of aliphatic hydroxyl groups excluding tert-OH is 1. The molecule has 37 nitrogen and oxygen atoms in total. The first-order valence-corrected chi connectivity index (χ1v) is 32.8. The van der Waals surface area contributed by atoms with Crippen LogP contribution in [0, 0.1) is 11.8 Å². The van der Waals surface area contributed by atoms with Crippen LogP contribution in [-0.2, 0) is 87.9 Å². The Labute approximate surface area is 570 Å². The minimum atomic E-state index is -2.26. The number of hydrogen-bond donors (Lipinski definition) is 19. The molecule has 0 spiro atoms. The molecule has 0 unspecified atom stereocenters. The number of fused-ring (bicyclic) bond motifs is 3. The van der Waals surface area contributed by atoms with Crippen LogP contribution in [0.25, 0.3) is 10.9 Å². The number of nitrogens with two attached hydrogens (primary N) is 2. The molecule has 2 aliphatic rings. The molecule has 0 bridgehead atoms. The Hall–Kier alpha value is -9.98. The number of primary amides is 1. The number of thioether (sulfide) groups is 1. The molecule has 2 aliphatic heterocycles. The number of amides is 12. The van der Waals surface area contributed by atoms with E-state index in [1.165, 1.54) is 6.07 Å². The Morgan fingerprint density at radius 3 is 1.73 bits per heavy atom. The molecule has 0 aliphatic carbocycles. The first-order chi connectivity index (χ1) is 46.5. The van der Waals surface area contributed by atoms with Crippen molar-refractivity contribution in [1.29, 1.82) is 0 Å². The molecule has 1 saturated heterocycles. The Morgan fingerprint density at radius 1 is 0.636 bits per heavy atom. The SMILES string of the molecule is CC(C)C[C@H](NC(=O)[C@@H]1CSc2[nH]c3ccccc3c2C[C@H](NC(=O)[C@H](CCC(N)=O)NC(=O)[C@@H](N)CC(C)C)C(=O)N[C@@H](CC(=O)O)C(=O)N[C@@H](CCC(=O)O)C(=O)N[C@@H](CCC(=O)O)C(=O)N[C@@H]([C@@H](C)O)C(=O)NCC(=O)N[C@@H](CCC(=O)O)C(=O)N1)C(=O)N1CCC[C@H]1C(=O)O. The zero-order valence-corrected chi connectivity index (χ0v) is 55.9. The standard InChI is InChI=1S/C61H88N14O23S/c1-27(2)21-32(62)50(87)66-35(12-16-43(63)77)53(90)69-38-23-31-30-9-6-7-10-33(30)73-59(31)99-26-41(57(94)71-40(22-28(3)4)60(96)75-20-8-11-42(75)61(97)98)72-51(88)34(13-17-45(79)80)65-44(78)25-64-58(95)49(29(5)76)74-54(91)37(15-19-47(83)84)67-52(89)36(14-18-46(81)82)68-56(93)39(24-48(85)86)70-55(38)92/h6-7,9-10,27-29,32,34-42,49,73,76H,8,11-26,62H2,1-5H3,(H2,63,77)(H,64,95)(H,65,78)(H,66,87)(H,67,89)(H,68,93)(H,69,90)(H,70,92)(H,71,94)(H,72,88)(H,74,91)(H,79,80)(H,81,82)(H,83,84)(H,85,86)(H,97,98)/t29-,32+,34+,35+,36+,37+,38+,39+,40+,41+,42+,49+/m1/s1. The van der Waals surface area contributed by atoms with Crippen LogP contribution in [0.3, 0.4) is 0 Å². The second-order valence-corrected chi connectivity index (χ2v) is 25.8. The van der Waals surface area contributed by atoms with Crippen molar-refractivity contribution in [2.45, 2.75) is 202 Å². The fourth-order valence-corrected chi connectivity index (χ4v) is 11.8. The van der Waals surface area contributed by atoms with Crippen molar-refractivity contribution < 1.29 is 112 Å². The molecule has 546 valence electrons. The monoisotopic (exact) mass is 1420 g/mol. The summed E-state index contributed by atoms with van der Waals surface area (Å²) in [5.41, 5.74) is 12.0. The number of aliphatic hydroxyl groups is 1. The van der Waals surface area contributed by atoms with Gasteiger partial charge in [-0.25, -0.2) is 4.79 Å². The first kappa shape index (κ1) is 81.4. The molecular formula is C61H88N14O23S. The second kappa shape index (κ2) is 38.8. The third kappa shape index (κ3) is 26.4. The maximum Gasteiger partial charge on any atom is 0.326 e. The fraction of sp³-hybridized carbons (Fsp3) is 0.590. The number of H-pyrrole nitrogens is 1. The molecule has 12 atom stereocenters.